The summed E-state index contributed by atoms with van der Waals surface area (Å²) in [6.07, 6.45) is 32.2. The second-order valence-corrected chi connectivity index (χ2v) is 11.6. The van der Waals surface area contributed by atoms with Gasteiger partial charge in [0.15, 0.2) is 0 Å². The molecule has 0 aromatic rings. The number of carbonyl (C=O) groups is 3. The molecule has 46 heavy (non-hydrogen) atoms. The lowest BCUT2D eigenvalue weighted by Gasteiger charge is -2.13. The molecule has 0 aliphatic heterocycles. The molecule has 0 fully saturated rings. The van der Waals surface area contributed by atoms with Crippen LogP contribution in [0.5, 0.6) is 0 Å². The minimum atomic E-state index is -0.938. The first-order chi connectivity index (χ1) is 22.0. The van der Waals surface area contributed by atoms with Crippen LogP contribution >= 0.6 is 0 Å². The fraction of sp³-hybridized carbons (Fsp3) is 0.500. The fourth-order valence-electron chi connectivity index (χ4n) is 4.29. The van der Waals surface area contributed by atoms with Crippen LogP contribution in [-0.4, -0.2) is 60.9 Å². The number of aliphatic hydroxyl groups is 1. The molecule has 0 saturated heterocycles. The first kappa shape index (κ1) is 42.2. The number of aliphatic hydroxyl groups excluding tert-OH is 1. The SMILES string of the molecule is COC(/C=C/C=C/C(C)C/C(C)=C/C=C(\C)CNC(=O)C(CO)NC=O)CC/C=C(C)\C=C\CC/C=C(C)/C=C/CCCC(=O)O. The molecular formula is C38H58N2O6. The molecule has 0 aliphatic carbocycles. The maximum absolute atomic E-state index is 12.0. The molecule has 8 heteroatoms. The van der Waals surface area contributed by atoms with Crippen LogP contribution in [-0.2, 0) is 19.1 Å². The zero-order chi connectivity index (χ0) is 34.6. The molecule has 0 spiro atoms. The number of aliphatic carboxylic acids is 1. The van der Waals surface area contributed by atoms with E-state index < -0.39 is 24.5 Å². The standard InChI is InChI=1S/C38H58N2O6/c1-30(17-11-8-12-23-37(43)44)16-9-7-10-18-31(2)20-15-22-35(46-6)21-14-13-19-32(3)26-33(4)24-25-34(5)27-39-38(45)36(28-41)40-29-42/h10-11,13-14,16-21,24-25,29,32,35-36,41H,7-9,12,15,22-23,26-28H2,1-6H3,(H,39,45)(H,40,42)(H,43,44)/b17-11+,18-10+,19-13+,21-14+,30-16+,31-20-,33-24+,34-25+. The number of rotatable bonds is 25. The number of unbranched alkanes of at least 4 members (excludes halogenated alkanes) is 2. The molecular weight excluding hydrogens is 580 g/mol. The highest BCUT2D eigenvalue weighted by atomic mass is 16.5. The summed E-state index contributed by atoms with van der Waals surface area (Å²) in [7, 11) is 1.74. The quantitative estimate of drug-likeness (QED) is 0.0481. The number of carboxylic acids is 1. The number of ether oxygens (including phenoxy) is 1. The summed E-state index contributed by atoms with van der Waals surface area (Å²) in [5.74, 6) is -0.803. The summed E-state index contributed by atoms with van der Waals surface area (Å²) in [5, 5.41) is 22.8. The van der Waals surface area contributed by atoms with E-state index >= 15 is 0 Å². The smallest absolute Gasteiger partial charge is 0.303 e. The number of amides is 2. The molecule has 3 unspecified atom stereocenters. The van der Waals surface area contributed by atoms with Crippen LogP contribution in [0.4, 0.5) is 0 Å². The van der Waals surface area contributed by atoms with Crippen LogP contribution in [0.25, 0.3) is 0 Å². The van der Waals surface area contributed by atoms with Crippen molar-refractivity contribution < 1.29 is 29.3 Å². The molecule has 0 radical (unpaired) electrons. The van der Waals surface area contributed by atoms with Crippen molar-refractivity contribution in [1.82, 2.24) is 10.6 Å². The molecule has 0 aliphatic rings. The summed E-state index contributed by atoms with van der Waals surface area (Å²) in [4.78, 5) is 33.0. The third-order valence-corrected chi connectivity index (χ3v) is 7.03. The number of hydrogen-bond acceptors (Lipinski definition) is 5. The number of allylic oxidation sites excluding steroid dienone is 14. The van der Waals surface area contributed by atoms with Gasteiger partial charge in [0.2, 0.25) is 12.3 Å². The molecule has 3 atom stereocenters. The summed E-state index contributed by atoms with van der Waals surface area (Å²) < 4.78 is 5.63. The molecule has 8 nitrogen and oxygen atoms in total. The Morgan fingerprint density at radius 3 is 2.13 bits per heavy atom. The Labute approximate surface area is 277 Å². The molecule has 256 valence electrons. The van der Waals surface area contributed by atoms with Crippen molar-refractivity contribution in [3.05, 3.63) is 95.2 Å². The Bertz CT molecular complexity index is 1140. The maximum atomic E-state index is 12.0. The van der Waals surface area contributed by atoms with Crippen molar-refractivity contribution in [2.24, 2.45) is 5.92 Å². The molecule has 4 N–H and O–H groups in total. The van der Waals surface area contributed by atoms with Gasteiger partial charge in [0.1, 0.15) is 6.04 Å². The van der Waals surface area contributed by atoms with Crippen molar-refractivity contribution in [3.8, 4) is 0 Å². The summed E-state index contributed by atoms with van der Waals surface area (Å²) in [5.41, 5.74) is 4.63. The highest BCUT2D eigenvalue weighted by Crippen LogP contribution is 2.14. The summed E-state index contributed by atoms with van der Waals surface area (Å²) in [6.45, 7) is 10.2. The monoisotopic (exact) mass is 638 g/mol. The van der Waals surface area contributed by atoms with Gasteiger partial charge in [0.05, 0.1) is 12.7 Å². The lowest BCUT2D eigenvalue weighted by molar-refractivity contribution is -0.137. The molecule has 0 bridgehead atoms. The lowest BCUT2D eigenvalue weighted by atomic mass is 10.0. The zero-order valence-corrected chi connectivity index (χ0v) is 28.8. The number of carbonyl (C=O) groups excluding carboxylic acids is 2. The van der Waals surface area contributed by atoms with E-state index in [1.54, 1.807) is 7.11 Å². The van der Waals surface area contributed by atoms with Crippen LogP contribution in [0.3, 0.4) is 0 Å². The van der Waals surface area contributed by atoms with Gasteiger partial charge in [-0.2, -0.15) is 0 Å². The van der Waals surface area contributed by atoms with Crippen molar-refractivity contribution >= 4 is 18.3 Å². The Hall–Kier alpha value is -3.75. The number of nitrogens with one attached hydrogen (secondary N) is 2. The minimum absolute atomic E-state index is 0.0513. The van der Waals surface area contributed by atoms with E-state index in [0.29, 0.717) is 25.3 Å². The van der Waals surface area contributed by atoms with Crippen molar-refractivity contribution in [1.29, 1.82) is 0 Å². The van der Waals surface area contributed by atoms with Gasteiger partial charge in [0, 0.05) is 20.1 Å². The van der Waals surface area contributed by atoms with Crippen LogP contribution in [0, 0.1) is 5.92 Å². The van der Waals surface area contributed by atoms with Gasteiger partial charge < -0.3 is 25.6 Å². The van der Waals surface area contributed by atoms with E-state index in [2.05, 4.69) is 86.9 Å². The lowest BCUT2D eigenvalue weighted by Crippen LogP contribution is -2.46. The molecule has 0 saturated carbocycles. The van der Waals surface area contributed by atoms with Crippen LogP contribution < -0.4 is 10.6 Å². The largest absolute Gasteiger partial charge is 0.481 e. The molecule has 0 rings (SSSR count). The van der Waals surface area contributed by atoms with Crippen molar-refractivity contribution in [2.75, 3.05) is 20.3 Å². The first-order valence-electron chi connectivity index (χ1n) is 16.2. The topological polar surface area (TPSA) is 125 Å². The predicted octanol–water partition coefficient (Wildman–Crippen LogP) is 7.08. The van der Waals surface area contributed by atoms with E-state index in [1.165, 1.54) is 16.7 Å². The number of methoxy groups -OCH3 is 1. The molecule has 0 aromatic carbocycles. The van der Waals surface area contributed by atoms with E-state index in [9.17, 15) is 14.4 Å². The average Bonchev–Trinajstić information content (AvgIpc) is 3.01. The predicted molar refractivity (Wildman–Crippen MR) is 189 cm³/mol. The highest BCUT2D eigenvalue weighted by Gasteiger charge is 2.15. The molecule has 0 heterocycles. The van der Waals surface area contributed by atoms with Crippen molar-refractivity contribution in [2.45, 2.75) is 98.1 Å². The van der Waals surface area contributed by atoms with Gasteiger partial charge in [-0.25, -0.2) is 0 Å². The van der Waals surface area contributed by atoms with Gasteiger partial charge in [-0.3, -0.25) is 14.4 Å². The Kier molecular flexibility index (Phi) is 25.3. The van der Waals surface area contributed by atoms with Crippen LogP contribution in [0.1, 0.15) is 86.0 Å². The van der Waals surface area contributed by atoms with Crippen molar-refractivity contribution in [3.63, 3.8) is 0 Å². The van der Waals surface area contributed by atoms with Gasteiger partial charge in [-0.1, -0.05) is 102 Å². The second kappa shape index (κ2) is 27.6. The third kappa shape index (κ3) is 24.6. The second-order valence-electron chi connectivity index (χ2n) is 11.6. The van der Waals surface area contributed by atoms with Crippen LogP contribution in [0.15, 0.2) is 95.2 Å². The van der Waals surface area contributed by atoms with E-state index in [4.69, 9.17) is 14.9 Å². The number of hydrogen-bond donors (Lipinski definition) is 4. The fourth-order valence-corrected chi connectivity index (χ4v) is 4.29. The Morgan fingerprint density at radius 2 is 1.50 bits per heavy atom. The normalized spacial score (nSPS) is 15.6. The summed E-state index contributed by atoms with van der Waals surface area (Å²) >= 11 is 0. The van der Waals surface area contributed by atoms with E-state index in [1.807, 2.05) is 31.2 Å². The van der Waals surface area contributed by atoms with E-state index in [0.717, 1.165) is 44.1 Å². The maximum Gasteiger partial charge on any atom is 0.303 e. The third-order valence-electron chi connectivity index (χ3n) is 7.03. The van der Waals surface area contributed by atoms with E-state index in [-0.39, 0.29) is 12.5 Å². The minimum Gasteiger partial charge on any atom is -0.481 e. The summed E-state index contributed by atoms with van der Waals surface area (Å²) in [6, 6.07) is -0.938. The van der Waals surface area contributed by atoms with Gasteiger partial charge in [-0.05, 0) is 78.6 Å². The molecule has 0 aromatic heterocycles. The number of carboxylic acid groups (broad SMARTS) is 1. The molecule has 2 amide bonds. The van der Waals surface area contributed by atoms with Gasteiger partial charge in [0.25, 0.3) is 0 Å². The van der Waals surface area contributed by atoms with Gasteiger partial charge in [-0.15, -0.1) is 0 Å². The highest BCUT2D eigenvalue weighted by molar-refractivity contribution is 5.83. The Morgan fingerprint density at radius 1 is 0.870 bits per heavy atom. The first-order valence-corrected chi connectivity index (χ1v) is 16.2. The average molecular weight is 639 g/mol. The van der Waals surface area contributed by atoms with Gasteiger partial charge >= 0.3 is 5.97 Å². The Balaban J connectivity index is 4.50. The zero-order valence-electron chi connectivity index (χ0n) is 28.8. The van der Waals surface area contributed by atoms with Crippen LogP contribution in [0.2, 0.25) is 0 Å².